The fraction of sp³-hybridized carbons (Fsp3) is 0.190. The first kappa shape index (κ1) is 21.1. The standard InChI is InChI=1S/C21H23N3O3S/c1-4-27-17-11-9-16(10-12-17)23-21(28)22-13-18(15(3)25)20(26)24-19-8-6-5-7-14(19)2/h5-13,25H,4H2,1-3H3,(H,23,28)(H,24,26). The molecule has 0 spiro atoms. The summed E-state index contributed by atoms with van der Waals surface area (Å²) in [5, 5.41) is 15.7. The summed E-state index contributed by atoms with van der Waals surface area (Å²) >= 11 is 5.19. The van der Waals surface area contributed by atoms with Crippen LogP contribution in [0.2, 0.25) is 0 Å². The number of nitrogens with zero attached hydrogens (tertiary/aromatic N) is 1. The molecule has 0 bridgehead atoms. The van der Waals surface area contributed by atoms with Gasteiger partial charge in [-0.25, -0.2) is 4.99 Å². The quantitative estimate of drug-likeness (QED) is 0.286. The molecule has 6 nitrogen and oxygen atoms in total. The number of hydrogen-bond acceptors (Lipinski definition) is 4. The minimum Gasteiger partial charge on any atom is -0.512 e. The van der Waals surface area contributed by atoms with Crippen molar-refractivity contribution in [2.75, 3.05) is 17.2 Å². The Kier molecular flexibility index (Phi) is 7.71. The van der Waals surface area contributed by atoms with Gasteiger partial charge in [-0.05, 0) is 68.9 Å². The maximum absolute atomic E-state index is 12.5. The van der Waals surface area contributed by atoms with Gasteiger partial charge in [0.15, 0.2) is 5.11 Å². The van der Waals surface area contributed by atoms with E-state index in [1.165, 1.54) is 13.1 Å². The van der Waals surface area contributed by atoms with E-state index in [9.17, 15) is 9.90 Å². The van der Waals surface area contributed by atoms with E-state index < -0.39 is 5.91 Å². The van der Waals surface area contributed by atoms with Gasteiger partial charge in [0, 0.05) is 17.6 Å². The lowest BCUT2D eigenvalue weighted by Gasteiger charge is -2.09. The van der Waals surface area contributed by atoms with Crippen LogP contribution >= 0.6 is 12.2 Å². The maximum atomic E-state index is 12.5. The number of amides is 1. The first-order chi connectivity index (χ1) is 13.4. The lowest BCUT2D eigenvalue weighted by molar-refractivity contribution is -0.112. The molecule has 146 valence electrons. The highest BCUT2D eigenvalue weighted by atomic mass is 32.1. The van der Waals surface area contributed by atoms with Gasteiger partial charge in [0.25, 0.3) is 5.91 Å². The molecule has 0 aliphatic rings. The van der Waals surface area contributed by atoms with Crippen LogP contribution in [-0.4, -0.2) is 28.9 Å². The molecule has 0 saturated heterocycles. The maximum Gasteiger partial charge on any atom is 0.260 e. The number of thiocarbonyl (C=S) groups is 1. The van der Waals surface area contributed by atoms with E-state index >= 15 is 0 Å². The van der Waals surface area contributed by atoms with Gasteiger partial charge >= 0.3 is 0 Å². The number of ether oxygens (including phenoxy) is 1. The van der Waals surface area contributed by atoms with Crippen molar-refractivity contribution in [1.82, 2.24) is 0 Å². The van der Waals surface area contributed by atoms with Crippen LogP contribution in [0.3, 0.4) is 0 Å². The monoisotopic (exact) mass is 397 g/mol. The number of para-hydroxylation sites is 1. The van der Waals surface area contributed by atoms with E-state index in [-0.39, 0.29) is 16.4 Å². The van der Waals surface area contributed by atoms with Crippen molar-refractivity contribution < 1.29 is 14.6 Å². The number of hydrogen-bond donors (Lipinski definition) is 3. The van der Waals surface area contributed by atoms with Crippen LogP contribution in [0.4, 0.5) is 11.4 Å². The number of carbonyl (C=O) groups excluding carboxylic acids is 1. The molecule has 0 fully saturated rings. The number of aryl methyl sites for hydroxylation is 1. The second-order valence-electron chi connectivity index (χ2n) is 5.91. The van der Waals surface area contributed by atoms with Gasteiger partial charge in [0.2, 0.25) is 0 Å². The van der Waals surface area contributed by atoms with Crippen LogP contribution in [0.1, 0.15) is 19.4 Å². The molecule has 2 rings (SSSR count). The number of aliphatic hydroxyl groups excluding tert-OH is 1. The Labute approximate surface area is 170 Å². The average Bonchev–Trinajstić information content (AvgIpc) is 2.65. The van der Waals surface area contributed by atoms with Crippen LogP contribution in [0, 0.1) is 6.92 Å². The molecule has 0 aliphatic heterocycles. The average molecular weight is 398 g/mol. The molecule has 0 unspecified atom stereocenters. The molecule has 1 amide bonds. The third-order valence-corrected chi connectivity index (χ3v) is 3.96. The van der Waals surface area contributed by atoms with Crippen LogP contribution in [0.15, 0.2) is 64.9 Å². The van der Waals surface area contributed by atoms with Crippen molar-refractivity contribution in [2.45, 2.75) is 20.8 Å². The van der Waals surface area contributed by atoms with Gasteiger partial charge in [-0.1, -0.05) is 18.2 Å². The summed E-state index contributed by atoms with van der Waals surface area (Å²) in [6.07, 6.45) is 1.24. The zero-order valence-electron chi connectivity index (χ0n) is 16.0. The molecule has 2 aromatic carbocycles. The number of carbonyl (C=O) groups is 1. The summed E-state index contributed by atoms with van der Waals surface area (Å²) in [5.74, 6) is 0.136. The molecule has 0 atom stereocenters. The summed E-state index contributed by atoms with van der Waals surface area (Å²) in [6.45, 7) is 5.81. The van der Waals surface area contributed by atoms with Crippen molar-refractivity contribution in [2.24, 2.45) is 4.99 Å². The Morgan fingerprint density at radius 1 is 1.18 bits per heavy atom. The number of aliphatic imine (C=N–C) groups is 1. The summed E-state index contributed by atoms with van der Waals surface area (Å²) in [6, 6.07) is 14.6. The number of rotatable bonds is 6. The molecule has 0 aliphatic carbocycles. The topological polar surface area (TPSA) is 83.0 Å². The van der Waals surface area contributed by atoms with E-state index in [0.717, 1.165) is 17.0 Å². The van der Waals surface area contributed by atoms with Gasteiger partial charge in [-0.2, -0.15) is 0 Å². The highest BCUT2D eigenvalue weighted by molar-refractivity contribution is 7.80. The van der Waals surface area contributed by atoms with Crippen LogP contribution in [-0.2, 0) is 4.79 Å². The third-order valence-electron chi connectivity index (χ3n) is 3.76. The molecule has 28 heavy (non-hydrogen) atoms. The van der Waals surface area contributed by atoms with Gasteiger partial charge < -0.3 is 20.5 Å². The van der Waals surface area contributed by atoms with Crippen molar-refractivity contribution in [1.29, 1.82) is 0 Å². The molecule has 0 heterocycles. The fourth-order valence-electron chi connectivity index (χ4n) is 2.30. The van der Waals surface area contributed by atoms with Gasteiger partial charge in [-0.3, -0.25) is 4.79 Å². The highest BCUT2D eigenvalue weighted by Crippen LogP contribution is 2.16. The molecule has 0 aromatic heterocycles. The zero-order valence-corrected chi connectivity index (χ0v) is 16.8. The third kappa shape index (κ3) is 6.21. The summed E-state index contributed by atoms with van der Waals surface area (Å²) in [5.41, 5.74) is 2.34. The van der Waals surface area contributed by atoms with Crippen LogP contribution in [0.5, 0.6) is 5.75 Å². The molecule has 3 N–H and O–H groups in total. The molecular weight excluding hydrogens is 374 g/mol. The Bertz CT molecular complexity index is 901. The lowest BCUT2D eigenvalue weighted by Crippen LogP contribution is -2.18. The van der Waals surface area contributed by atoms with Gasteiger partial charge in [0.05, 0.1) is 12.2 Å². The minimum absolute atomic E-state index is 0.0269. The molecular formula is C21H23N3O3S. The van der Waals surface area contributed by atoms with Crippen LogP contribution < -0.4 is 15.4 Å². The largest absolute Gasteiger partial charge is 0.512 e. The number of allylic oxidation sites excluding steroid dienone is 1. The van der Waals surface area contributed by atoms with Gasteiger partial charge in [0.1, 0.15) is 11.5 Å². The number of benzene rings is 2. The predicted octanol–water partition coefficient (Wildman–Crippen LogP) is 4.63. The molecule has 7 heteroatoms. The second-order valence-corrected chi connectivity index (χ2v) is 6.30. The highest BCUT2D eigenvalue weighted by Gasteiger charge is 2.12. The lowest BCUT2D eigenvalue weighted by atomic mass is 10.2. The Balaban J connectivity index is 2.03. The Morgan fingerprint density at radius 3 is 2.46 bits per heavy atom. The molecule has 2 aromatic rings. The van der Waals surface area contributed by atoms with Crippen molar-refractivity contribution in [3.63, 3.8) is 0 Å². The van der Waals surface area contributed by atoms with Gasteiger partial charge in [-0.15, -0.1) is 0 Å². The Hall–Kier alpha value is -3.19. The normalized spacial score (nSPS) is 11.7. The first-order valence-electron chi connectivity index (χ1n) is 8.75. The minimum atomic E-state index is -0.470. The Morgan fingerprint density at radius 2 is 1.86 bits per heavy atom. The second kappa shape index (κ2) is 10.2. The molecule has 0 radical (unpaired) electrons. The number of nitrogens with one attached hydrogen (secondary N) is 2. The summed E-state index contributed by atoms with van der Waals surface area (Å²) in [7, 11) is 0. The SMILES string of the molecule is CCOc1ccc(NC(=S)N=CC(C(=O)Nc2ccccc2C)=C(C)O)cc1. The van der Waals surface area contributed by atoms with E-state index in [4.69, 9.17) is 17.0 Å². The number of aliphatic hydroxyl groups is 1. The van der Waals surface area contributed by atoms with Crippen molar-refractivity contribution in [3.8, 4) is 5.75 Å². The summed E-state index contributed by atoms with van der Waals surface area (Å²) < 4.78 is 5.39. The fourth-order valence-corrected chi connectivity index (χ4v) is 2.47. The summed E-state index contributed by atoms with van der Waals surface area (Å²) in [4.78, 5) is 16.5. The van der Waals surface area contributed by atoms with E-state index in [1.807, 2.05) is 56.3 Å². The van der Waals surface area contributed by atoms with E-state index in [2.05, 4.69) is 15.6 Å². The van der Waals surface area contributed by atoms with E-state index in [0.29, 0.717) is 12.3 Å². The smallest absolute Gasteiger partial charge is 0.260 e. The van der Waals surface area contributed by atoms with E-state index in [1.54, 1.807) is 6.07 Å². The zero-order chi connectivity index (χ0) is 20.5. The van der Waals surface area contributed by atoms with Crippen LogP contribution in [0.25, 0.3) is 0 Å². The molecule has 0 saturated carbocycles. The van der Waals surface area contributed by atoms with Crippen molar-refractivity contribution in [3.05, 3.63) is 65.4 Å². The number of anilines is 2. The van der Waals surface area contributed by atoms with Crippen molar-refractivity contribution >= 4 is 40.8 Å². The first-order valence-corrected chi connectivity index (χ1v) is 9.16. The predicted molar refractivity (Wildman–Crippen MR) is 117 cm³/mol.